The molecule has 2 heteroatoms. The summed E-state index contributed by atoms with van der Waals surface area (Å²) in [4.78, 5) is 0. The number of anilines is 2. The summed E-state index contributed by atoms with van der Waals surface area (Å²) >= 11 is 0. The van der Waals surface area contributed by atoms with Gasteiger partial charge in [0.05, 0.1) is 5.70 Å². The van der Waals surface area contributed by atoms with E-state index in [0.717, 1.165) is 52.2 Å². The van der Waals surface area contributed by atoms with Gasteiger partial charge in [0.15, 0.2) is 0 Å². The third-order valence-electron chi connectivity index (χ3n) is 5.38. The van der Waals surface area contributed by atoms with Crippen molar-refractivity contribution in [2.24, 2.45) is 0 Å². The lowest BCUT2D eigenvalue weighted by molar-refractivity contribution is 0.591. The van der Waals surface area contributed by atoms with Crippen LogP contribution < -0.4 is 10.6 Å². The first-order valence-electron chi connectivity index (χ1n) is 10.4. The van der Waals surface area contributed by atoms with Crippen LogP contribution in [-0.2, 0) is 11.8 Å². The quantitative estimate of drug-likeness (QED) is 0.420. The van der Waals surface area contributed by atoms with Crippen LogP contribution in [0.5, 0.6) is 0 Å². The molecule has 2 nitrogen and oxygen atoms in total. The van der Waals surface area contributed by atoms with Crippen LogP contribution in [0.15, 0.2) is 72.8 Å². The van der Waals surface area contributed by atoms with E-state index >= 15 is 0 Å². The summed E-state index contributed by atoms with van der Waals surface area (Å²) in [5.74, 6) is 2.86. The molecule has 3 rings (SSSR count). The van der Waals surface area contributed by atoms with Crippen molar-refractivity contribution in [1.29, 1.82) is 0 Å². The van der Waals surface area contributed by atoms with Gasteiger partial charge in [-0.3, -0.25) is 0 Å². The first-order chi connectivity index (χ1) is 14.3. The highest BCUT2D eigenvalue weighted by atomic mass is 14.9. The molecule has 0 fully saturated rings. The molecule has 2 aromatic carbocycles. The Balaban J connectivity index is 2.04. The van der Waals surface area contributed by atoms with E-state index in [2.05, 4.69) is 81.3 Å². The fourth-order valence-electron chi connectivity index (χ4n) is 3.80. The first kappa shape index (κ1) is 21.3. The van der Waals surface area contributed by atoms with Crippen molar-refractivity contribution in [3.05, 3.63) is 95.0 Å². The van der Waals surface area contributed by atoms with Crippen molar-refractivity contribution in [2.45, 2.75) is 46.0 Å². The number of terminal acetylenes is 1. The Morgan fingerprint density at radius 3 is 2.57 bits per heavy atom. The highest BCUT2D eigenvalue weighted by Crippen LogP contribution is 2.38. The fourth-order valence-corrected chi connectivity index (χ4v) is 3.80. The molecule has 30 heavy (non-hydrogen) atoms. The molecule has 0 saturated carbocycles. The van der Waals surface area contributed by atoms with Gasteiger partial charge in [-0.1, -0.05) is 77.5 Å². The lowest BCUT2D eigenvalue weighted by Crippen LogP contribution is -2.17. The van der Waals surface area contributed by atoms with Gasteiger partial charge in [-0.2, -0.15) is 0 Å². The minimum Gasteiger partial charge on any atom is -0.360 e. The summed E-state index contributed by atoms with van der Waals surface area (Å²) in [7, 11) is 0. The van der Waals surface area contributed by atoms with Crippen LogP contribution in [0.3, 0.4) is 0 Å². The van der Waals surface area contributed by atoms with Gasteiger partial charge >= 0.3 is 0 Å². The Morgan fingerprint density at radius 2 is 1.93 bits per heavy atom. The molecule has 0 saturated heterocycles. The predicted octanol–water partition coefficient (Wildman–Crippen LogP) is 7.02. The molecular weight excluding hydrogens is 364 g/mol. The summed E-state index contributed by atoms with van der Waals surface area (Å²) in [6, 6.07) is 12.5. The maximum Gasteiger partial charge on any atom is 0.0906 e. The number of nitrogens with one attached hydrogen (secondary N) is 2. The number of hydrogen-bond donors (Lipinski definition) is 2. The number of aryl methyl sites for hydroxylation is 1. The molecule has 0 spiro atoms. The van der Waals surface area contributed by atoms with E-state index in [9.17, 15) is 0 Å². The van der Waals surface area contributed by atoms with Crippen LogP contribution >= 0.6 is 0 Å². The van der Waals surface area contributed by atoms with E-state index in [0.29, 0.717) is 0 Å². The second kappa shape index (κ2) is 8.54. The van der Waals surface area contributed by atoms with Crippen molar-refractivity contribution < 1.29 is 0 Å². The van der Waals surface area contributed by atoms with Crippen molar-refractivity contribution in [1.82, 2.24) is 0 Å². The number of rotatable bonds is 5. The van der Waals surface area contributed by atoms with E-state index < -0.39 is 0 Å². The van der Waals surface area contributed by atoms with E-state index in [1.807, 2.05) is 24.4 Å². The molecule has 1 aliphatic rings. The zero-order valence-corrected chi connectivity index (χ0v) is 18.4. The third-order valence-corrected chi connectivity index (χ3v) is 5.38. The SMILES string of the molecule is C#Cc1cc(NC(=C=C)C2=CNc3ccccc3C2=C)c(C(C)(C)C)cc1CCC. The molecular formula is C28H30N2. The van der Waals surface area contributed by atoms with E-state index in [-0.39, 0.29) is 5.41 Å². The van der Waals surface area contributed by atoms with E-state index in [1.165, 1.54) is 11.1 Å². The molecule has 152 valence electrons. The second-order valence-corrected chi connectivity index (χ2v) is 8.60. The van der Waals surface area contributed by atoms with E-state index in [4.69, 9.17) is 6.42 Å². The molecule has 0 aromatic heterocycles. The minimum atomic E-state index is -0.0486. The largest absolute Gasteiger partial charge is 0.360 e. The van der Waals surface area contributed by atoms with Gasteiger partial charge in [-0.15, -0.1) is 12.2 Å². The summed E-state index contributed by atoms with van der Waals surface area (Å²) < 4.78 is 0. The number of para-hydroxylation sites is 1. The zero-order chi connectivity index (χ0) is 21.9. The highest BCUT2D eigenvalue weighted by Gasteiger charge is 2.23. The van der Waals surface area contributed by atoms with Gasteiger partial charge < -0.3 is 10.6 Å². The molecule has 0 radical (unpaired) electrons. The predicted molar refractivity (Wildman–Crippen MR) is 131 cm³/mol. The first-order valence-corrected chi connectivity index (χ1v) is 10.4. The van der Waals surface area contributed by atoms with Crippen LogP contribution in [0.2, 0.25) is 0 Å². The summed E-state index contributed by atoms with van der Waals surface area (Å²) in [6.07, 6.45) is 9.82. The summed E-state index contributed by atoms with van der Waals surface area (Å²) in [5.41, 5.74) is 12.1. The smallest absolute Gasteiger partial charge is 0.0906 e. The van der Waals surface area contributed by atoms with Gasteiger partial charge in [0, 0.05) is 34.3 Å². The Labute approximate surface area is 181 Å². The van der Waals surface area contributed by atoms with Gasteiger partial charge in [-0.05, 0) is 40.7 Å². The van der Waals surface area contributed by atoms with Gasteiger partial charge in [0.2, 0.25) is 0 Å². The molecule has 0 bridgehead atoms. The van der Waals surface area contributed by atoms with Crippen LogP contribution in [-0.4, -0.2) is 0 Å². The van der Waals surface area contributed by atoms with Crippen molar-refractivity contribution in [3.63, 3.8) is 0 Å². The number of fused-ring (bicyclic) bond motifs is 1. The molecule has 0 aliphatic carbocycles. The molecule has 1 aliphatic heterocycles. The molecule has 2 N–H and O–H groups in total. The maximum absolute atomic E-state index is 5.84. The standard InChI is InChI=1S/C28H30N2/c1-8-13-21-16-24(28(5,6)7)27(17-20(21)9-2)30-25(10-3)23-18-29-26-15-12-11-14-22(26)19(23)4/h2,11-12,14-18,29-30H,3-4,8,13H2,1,5-7H3. The fraction of sp³-hybridized carbons (Fsp3) is 0.250. The lowest BCUT2D eigenvalue weighted by Gasteiger charge is -2.27. The van der Waals surface area contributed by atoms with E-state index in [1.54, 1.807) is 0 Å². The molecule has 2 aromatic rings. The Morgan fingerprint density at radius 1 is 1.20 bits per heavy atom. The maximum atomic E-state index is 5.84. The van der Waals surface area contributed by atoms with Crippen LogP contribution in [0.1, 0.15) is 56.4 Å². The number of allylic oxidation sites excluding steroid dienone is 1. The average molecular weight is 395 g/mol. The molecule has 0 unspecified atom stereocenters. The van der Waals surface area contributed by atoms with Gasteiger partial charge in [0.25, 0.3) is 0 Å². The van der Waals surface area contributed by atoms with Crippen LogP contribution in [0, 0.1) is 12.3 Å². The van der Waals surface area contributed by atoms with Crippen LogP contribution in [0.4, 0.5) is 11.4 Å². The Hall–Kier alpha value is -3.40. The van der Waals surface area contributed by atoms with Crippen LogP contribution in [0.25, 0.3) is 5.57 Å². The molecule has 0 amide bonds. The summed E-state index contributed by atoms with van der Waals surface area (Å²) in [6.45, 7) is 17.1. The molecule has 0 atom stereocenters. The van der Waals surface area contributed by atoms with Gasteiger partial charge in [-0.25, -0.2) is 0 Å². The summed E-state index contributed by atoms with van der Waals surface area (Å²) in [5, 5.41) is 6.91. The molecule has 1 heterocycles. The Kier molecular flexibility index (Phi) is 6.06. The van der Waals surface area contributed by atoms with Crippen molar-refractivity contribution in [2.75, 3.05) is 10.6 Å². The third kappa shape index (κ3) is 4.13. The number of benzene rings is 2. The minimum absolute atomic E-state index is 0.0486. The zero-order valence-electron chi connectivity index (χ0n) is 18.4. The number of hydrogen-bond acceptors (Lipinski definition) is 2. The normalized spacial score (nSPS) is 12.8. The monoisotopic (exact) mass is 394 g/mol. The average Bonchev–Trinajstić information content (AvgIpc) is 2.72. The Bertz CT molecular complexity index is 1110. The second-order valence-electron chi connectivity index (χ2n) is 8.60. The van der Waals surface area contributed by atoms with Crippen molar-refractivity contribution >= 4 is 16.9 Å². The highest BCUT2D eigenvalue weighted by molar-refractivity contribution is 5.92. The lowest BCUT2D eigenvalue weighted by atomic mass is 9.83. The van der Waals surface area contributed by atoms with Gasteiger partial charge in [0.1, 0.15) is 0 Å². The topological polar surface area (TPSA) is 24.1 Å². The van der Waals surface area contributed by atoms with Crippen molar-refractivity contribution in [3.8, 4) is 12.3 Å².